The molecule has 8 heteroatoms. The summed E-state index contributed by atoms with van der Waals surface area (Å²) in [6.07, 6.45) is -3.36. The fraction of sp³-hybridized carbons (Fsp3) is 0.143. The summed E-state index contributed by atoms with van der Waals surface area (Å²) in [6, 6.07) is 3.86. The summed E-state index contributed by atoms with van der Waals surface area (Å²) in [7, 11) is 0. The van der Waals surface area contributed by atoms with E-state index in [0.717, 1.165) is 0 Å². The van der Waals surface area contributed by atoms with E-state index in [0.29, 0.717) is 17.4 Å². The van der Waals surface area contributed by atoms with Gasteiger partial charge in [0.05, 0.1) is 16.1 Å². The number of amides is 1. The smallest absolute Gasteiger partial charge is 0.322 e. The molecule has 1 aromatic carbocycles. The third kappa shape index (κ3) is 3.54. The van der Waals surface area contributed by atoms with Gasteiger partial charge in [-0.25, -0.2) is 4.39 Å². The Morgan fingerprint density at radius 2 is 1.95 bits per heavy atom. The Morgan fingerprint density at radius 1 is 1.27 bits per heavy atom. The largest absolute Gasteiger partial charge is 0.417 e. The van der Waals surface area contributed by atoms with Crippen LogP contribution < -0.4 is 5.32 Å². The number of halogens is 5. The Labute approximate surface area is 127 Å². The van der Waals surface area contributed by atoms with Crippen molar-refractivity contribution < 1.29 is 22.4 Å². The van der Waals surface area contributed by atoms with Gasteiger partial charge in [-0.05, 0) is 31.2 Å². The van der Waals surface area contributed by atoms with Crippen LogP contribution in [0.1, 0.15) is 21.6 Å². The zero-order valence-corrected chi connectivity index (χ0v) is 11.9. The molecule has 0 saturated carbocycles. The van der Waals surface area contributed by atoms with Gasteiger partial charge in [0.15, 0.2) is 0 Å². The van der Waals surface area contributed by atoms with E-state index in [1.54, 1.807) is 6.92 Å². The lowest BCUT2D eigenvalue weighted by molar-refractivity contribution is -0.137. The second-order valence-corrected chi connectivity index (χ2v) is 4.86. The van der Waals surface area contributed by atoms with Gasteiger partial charge in [-0.1, -0.05) is 11.6 Å². The third-order valence-corrected chi connectivity index (χ3v) is 3.07. The molecule has 2 aromatic rings. The zero-order valence-electron chi connectivity index (χ0n) is 11.1. The topological polar surface area (TPSA) is 42.0 Å². The standard InChI is InChI=1S/C14H9ClF4N2O/c1-7-4-8(2-3-20-7)21-13(22)9-5-11(15)10(6-12(9)16)14(17,18)19/h2-6H,1H3,(H,20,21,22). The van der Waals surface area contributed by atoms with E-state index in [4.69, 9.17) is 11.6 Å². The molecule has 0 atom stereocenters. The lowest BCUT2D eigenvalue weighted by Crippen LogP contribution is -2.16. The summed E-state index contributed by atoms with van der Waals surface area (Å²) in [6.45, 7) is 1.69. The first kappa shape index (κ1) is 16.2. The van der Waals surface area contributed by atoms with E-state index < -0.39 is 34.1 Å². The van der Waals surface area contributed by atoms with Crippen LogP contribution in [0.2, 0.25) is 5.02 Å². The molecule has 0 unspecified atom stereocenters. The molecule has 1 aromatic heterocycles. The number of nitrogens with one attached hydrogen (secondary N) is 1. The van der Waals surface area contributed by atoms with Gasteiger partial charge < -0.3 is 5.32 Å². The van der Waals surface area contributed by atoms with Crippen molar-refractivity contribution in [3.05, 3.63) is 58.1 Å². The van der Waals surface area contributed by atoms with Crippen LogP contribution in [0.5, 0.6) is 0 Å². The van der Waals surface area contributed by atoms with Crippen molar-refractivity contribution in [3.8, 4) is 0 Å². The predicted molar refractivity (Wildman–Crippen MR) is 73.3 cm³/mol. The molecule has 2 rings (SSSR count). The second kappa shape index (κ2) is 5.92. The first-order valence-corrected chi connectivity index (χ1v) is 6.36. The Bertz CT molecular complexity index is 731. The second-order valence-electron chi connectivity index (χ2n) is 4.45. The Kier molecular flexibility index (Phi) is 4.37. The molecule has 1 heterocycles. The van der Waals surface area contributed by atoms with Crippen LogP contribution in [0, 0.1) is 12.7 Å². The van der Waals surface area contributed by atoms with Gasteiger partial charge in [0.25, 0.3) is 5.91 Å². The van der Waals surface area contributed by atoms with Crippen LogP contribution in [-0.2, 0) is 6.18 Å². The fourth-order valence-electron chi connectivity index (χ4n) is 1.76. The van der Waals surface area contributed by atoms with Crippen molar-refractivity contribution in [1.82, 2.24) is 4.98 Å². The van der Waals surface area contributed by atoms with Gasteiger partial charge in [0.2, 0.25) is 0 Å². The Hall–Kier alpha value is -2.15. The van der Waals surface area contributed by atoms with Crippen molar-refractivity contribution in [3.63, 3.8) is 0 Å². The van der Waals surface area contributed by atoms with Gasteiger partial charge >= 0.3 is 6.18 Å². The summed E-state index contributed by atoms with van der Waals surface area (Å²) in [4.78, 5) is 15.9. The summed E-state index contributed by atoms with van der Waals surface area (Å²) in [5, 5.41) is 1.62. The SMILES string of the molecule is Cc1cc(NC(=O)c2cc(Cl)c(C(F)(F)F)cc2F)ccn1. The van der Waals surface area contributed by atoms with Crippen LogP contribution in [0.25, 0.3) is 0 Å². The van der Waals surface area contributed by atoms with Crippen LogP contribution in [0.4, 0.5) is 23.2 Å². The molecule has 0 bridgehead atoms. The van der Waals surface area contributed by atoms with E-state index in [9.17, 15) is 22.4 Å². The number of hydrogen-bond acceptors (Lipinski definition) is 2. The fourth-order valence-corrected chi connectivity index (χ4v) is 2.03. The quantitative estimate of drug-likeness (QED) is 0.825. The number of benzene rings is 1. The molecule has 0 radical (unpaired) electrons. The molecule has 1 N–H and O–H groups in total. The number of carbonyl (C=O) groups is 1. The Balaban J connectivity index is 2.33. The summed E-state index contributed by atoms with van der Waals surface area (Å²) in [5.41, 5.74) is -0.952. The summed E-state index contributed by atoms with van der Waals surface area (Å²) < 4.78 is 51.5. The summed E-state index contributed by atoms with van der Waals surface area (Å²) >= 11 is 5.48. The number of anilines is 1. The molecule has 3 nitrogen and oxygen atoms in total. The van der Waals surface area contributed by atoms with Gasteiger partial charge in [-0.2, -0.15) is 13.2 Å². The minimum Gasteiger partial charge on any atom is -0.322 e. The van der Waals surface area contributed by atoms with Crippen molar-refractivity contribution in [2.45, 2.75) is 13.1 Å². The van der Waals surface area contributed by atoms with E-state index in [-0.39, 0.29) is 6.07 Å². The number of rotatable bonds is 2. The normalized spacial score (nSPS) is 11.4. The molecule has 22 heavy (non-hydrogen) atoms. The molecule has 0 aliphatic rings. The van der Waals surface area contributed by atoms with Crippen LogP contribution in [0.3, 0.4) is 0 Å². The summed E-state index contributed by atoms with van der Waals surface area (Å²) in [5.74, 6) is -2.21. The van der Waals surface area contributed by atoms with Crippen molar-refractivity contribution >= 4 is 23.2 Å². The van der Waals surface area contributed by atoms with Crippen molar-refractivity contribution in [1.29, 1.82) is 0 Å². The number of aromatic nitrogens is 1. The minimum absolute atomic E-state index is 0.203. The van der Waals surface area contributed by atoms with Crippen LogP contribution in [0.15, 0.2) is 30.5 Å². The highest BCUT2D eigenvalue weighted by molar-refractivity contribution is 6.32. The maximum Gasteiger partial charge on any atom is 0.417 e. The molecule has 0 aliphatic carbocycles. The molecule has 116 valence electrons. The minimum atomic E-state index is -4.80. The highest BCUT2D eigenvalue weighted by Crippen LogP contribution is 2.36. The molecule has 0 fully saturated rings. The van der Waals surface area contributed by atoms with Gasteiger partial charge in [0.1, 0.15) is 5.82 Å². The first-order chi connectivity index (χ1) is 10.2. The van der Waals surface area contributed by atoms with Crippen molar-refractivity contribution in [2.75, 3.05) is 5.32 Å². The van der Waals surface area contributed by atoms with E-state index in [2.05, 4.69) is 10.3 Å². The van der Waals surface area contributed by atoms with Gasteiger partial charge in [0, 0.05) is 17.6 Å². The number of hydrogen-bond donors (Lipinski definition) is 1. The highest BCUT2D eigenvalue weighted by Gasteiger charge is 2.34. The number of carbonyl (C=O) groups excluding carboxylic acids is 1. The van der Waals surface area contributed by atoms with Gasteiger partial charge in [-0.3, -0.25) is 9.78 Å². The molecule has 1 amide bonds. The maximum absolute atomic E-state index is 13.8. The lowest BCUT2D eigenvalue weighted by Gasteiger charge is -2.12. The van der Waals surface area contributed by atoms with Crippen LogP contribution >= 0.6 is 11.6 Å². The van der Waals surface area contributed by atoms with Gasteiger partial charge in [-0.15, -0.1) is 0 Å². The average Bonchev–Trinajstić information content (AvgIpc) is 2.39. The molecular formula is C14H9ClF4N2O. The lowest BCUT2D eigenvalue weighted by atomic mass is 10.1. The van der Waals surface area contributed by atoms with E-state index in [1.165, 1.54) is 18.3 Å². The van der Waals surface area contributed by atoms with Crippen LogP contribution in [-0.4, -0.2) is 10.9 Å². The third-order valence-electron chi connectivity index (χ3n) is 2.76. The molecule has 0 saturated heterocycles. The van der Waals surface area contributed by atoms with Crippen molar-refractivity contribution in [2.24, 2.45) is 0 Å². The van der Waals surface area contributed by atoms with E-state index in [1.807, 2.05) is 0 Å². The number of alkyl halides is 3. The van der Waals surface area contributed by atoms with E-state index >= 15 is 0 Å². The number of aryl methyl sites for hydroxylation is 1. The highest BCUT2D eigenvalue weighted by atomic mass is 35.5. The zero-order chi connectivity index (χ0) is 16.5. The number of nitrogens with zero attached hydrogens (tertiary/aromatic N) is 1. The maximum atomic E-state index is 13.8. The first-order valence-electron chi connectivity index (χ1n) is 5.98. The molecular weight excluding hydrogens is 324 g/mol. The molecule has 0 spiro atoms. The monoisotopic (exact) mass is 332 g/mol. The average molecular weight is 333 g/mol. The number of pyridine rings is 1. The predicted octanol–water partition coefficient (Wildman–Crippen LogP) is 4.45. The Morgan fingerprint density at radius 3 is 2.55 bits per heavy atom. The molecule has 0 aliphatic heterocycles.